The number of carboxylic acids is 1. The molecule has 7 heteroatoms. The highest BCUT2D eigenvalue weighted by atomic mass is 16.4. The van der Waals surface area contributed by atoms with Gasteiger partial charge in [-0.1, -0.05) is 0 Å². The standard InChI is InChI=1S/C9H14N4O3/c10-2-7(8(11)14)6(9(15)16)1-5-3-12-4-13-5/h3-4,6-7H,1-2,10H2,(H2,11,14)(H,12,13)(H,15,16). The highest BCUT2D eigenvalue weighted by molar-refractivity contribution is 5.83. The molecule has 2 unspecified atom stereocenters. The van der Waals surface area contributed by atoms with E-state index < -0.39 is 23.7 Å². The Labute approximate surface area is 91.8 Å². The van der Waals surface area contributed by atoms with Gasteiger partial charge < -0.3 is 21.6 Å². The first-order valence-electron chi connectivity index (χ1n) is 4.75. The van der Waals surface area contributed by atoms with Crippen molar-refractivity contribution in [3.63, 3.8) is 0 Å². The molecule has 0 aromatic carbocycles. The molecule has 6 N–H and O–H groups in total. The highest BCUT2D eigenvalue weighted by Gasteiger charge is 2.31. The van der Waals surface area contributed by atoms with Gasteiger partial charge >= 0.3 is 5.97 Å². The summed E-state index contributed by atoms with van der Waals surface area (Å²) < 4.78 is 0. The molecular formula is C9H14N4O3. The Morgan fingerprint density at radius 2 is 2.19 bits per heavy atom. The number of hydrogen-bond acceptors (Lipinski definition) is 4. The van der Waals surface area contributed by atoms with Gasteiger partial charge in [0.2, 0.25) is 5.91 Å². The molecule has 88 valence electrons. The molecule has 1 aromatic rings. The third-order valence-corrected chi connectivity index (χ3v) is 2.42. The Balaban J connectivity index is 2.82. The van der Waals surface area contributed by atoms with Crippen LogP contribution in [0.1, 0.15) is 5.69 Å². The normalized spacial score (nSPS) is 14.3. The van der Waals surface area contributed by atoms with Crippen LogP contribution in [0.3, 0.4) is 0 Å². The average Bonchev–Trinajstić information content (AvgIpc) is 2.69. The van der Waals surface area contributed by atoms with Crippen LogP contribution in [0.15, 0.2) is 12.5 Å². The summed E-state index contributed by atoms with van der Waals surface area (Å²) in [5.41, 5.74) is 11.1. The number of nitrogens with one attached hydrogen (secondary N) is 1. The van der Waals surface area contributed by atoms with Crippen LogP contribution in [0.25, 0.3) is 0 Å². The number of aliphatic carboxylic acids is 1. The molecule has 1 rings (SSSR count). The first-order chi connectivity index (χ1) is 7.56. The van der Waals surface area contributed by atoms with Gasteiger partial charge in [0.25, 0.3) is 0 Å². The summed E-state index contributed by atoms with van der Waals surface area (Å²) in [7, 11) is 0. The molecular weight excluding hydrogens is 212 g/mol. The first-order valence-corrected chi connectivity index (χ1v) is 4.75. The van der Waals surface area contributed by atoms with E-state index in [9.17, 15) is 9.59 Å². The van der Waals surface area contributed by atoms with E-state index in [0.717, 1.165) is 0 Å². The van der Waals surface area contributed by atoms with E-state index in [1.54, 1.807) is 0 Å². The monoisotopic (exact) mass is 226 g/mol. The number of carbonyl (C=O) groups excluding carboxylic acids is 1. The SMILES string of the molecule is NCC(C(N)=O)C(Cc1cnc[nH]1)C(=O)O. The van der Waals surface area contributed by atoms with E-state index in [4.69, 9.17) is 16.6 Å². The maximum atomic E-state index is 11.1. The molecule has 1 aromatic heterocycles. The summed E-state index contributed by atoms with van der Waals surface area (Å²) in [6.45, 7) is -0.0829. The van der Waals surface area contributed by atoms with Crippen LogP contribution >= 0.6 is 0 Å². The van der Waals surface area contributed by atoms with Crippen molar-refractivity contribution < 1.29 is 14.7 Å². The summed E-state index contributed by atoms with van der Waals surface area (Å²) in [6.07, 6.45) is 3.10. The maximum Gasteiger partial charge on any atom is 0.307 e. The summed E-state index contributed by atoms with van der Waals surface area (Å²) in [5, 5.41) is 9.02. The zero-order chi connectivity index (χ0) is 12.1. The fourth-order valence-corrected chi connectivity index (χ4v) is 1.51. The molecule has 0 spiro atoms. The molecule has 0 fully saturated rings. The zero-order valence-electron chi connectivity index (χ0n) is 8.59. The van der Waals surface area contributed by atoms with E-state index >= 15 is 0 Å². The number of aromatic amines is 1. The number of carbonyl (C=O) groups is 2. The number of nitrogens with zero attached hydrogens (tertiary/aromatic N) is 1. The predicted molar refractivity (Wildman–Crippen MR) is 55.2 cm³/mol. The van der Waals surface area contributed by atoms with Crippen molar-refractivity contribution in [1.82, 2.24) is 9.97 Å². The van der Waals surface area contributed by atoms with E-state index in [-0.39, 0.29) is 13.0 Å². The first kappa shape index (κ1) is 12.2. The minimum atomic E-state index is -1.09. The predicted octanol–water partition coefficient (Wildman–Crippen LogP) is -1.29. The van der Waals surface area contributed by atoms with Gasteiger partial charge in [0, 0.05) is 24.9 Å². The molecule has 16 heavy (non-hydrogen) atoms. The summed E-state index contributed by atoms with van der Waals surface area (Å²) in [6, 6.07) is 0. The van der Waals surface area contributed by atoms with Crippen LogP contribution < -0.4 is 11.5 Å². The lowest BCUT2D eigenvalue weighted by atomic mass is 9.88. The molecule has 0 saturated carbocycles. The second-order valence-corrected chi connectivity index (χ2v) is 3.47. The van der Waals surface area contributed by atoms with Gasteiger partial charge in [-0.3, -0.25) is 9.59 Å². The van der Waals surface area contributed by atoms with Crippen molar-refractivity contribution in [2.75, 3.05) is 6.54 Å². The fraction of sp³-hybridized carbons (Fsp3) is 0.444. The van der Waals surface area contributed by atoms with Gasteiger partial charge in [0.05, 0.1) is 18.2 Å². The third-order valence-electron chi connectivity index (χ3n) is 2.42. The van der Waals surface area contributed by atoms with Crippen molar-refractivity contribution in [2.45, 2.75) is 6.42 Å². The van der Waals surface area contributed by atoms with Crippen LogP contribution in [0.2, 0.25) is 0 Å². The zero-order valence-corrected chi connectivity index (χ0v) is 8.59. The molecule has 0 aliphatic rings. The van der Waals surface area contributed by atoms with Gasteiger partial charge in [0.1, 0.15) is 0 Å². The van der Waals surface area contributed by atoms with Crippen LogP contribution in [0, 0.1) is 11.8 Å². The topological polar surface area (TPSA) is 135 Å². The van der Waals surface area contributed by atoms with E-state index in [1.165, 1.54) is 12.5 Å². The number of carboxylic acid groups (broad SMARTS) is 1. The third kappa shape index (κ3) is 2.80. The molecule has 0 radical (unpaired) electrons. The molecule has 0 bridgehead atoms. The lowest BCUT2D eigenvalue weighted by Crippen LogP contribution is -2.40. The number of rotatable bonds is 6. The Morgan fingerprint density at radius 3 is 2.56 bits per heavy atom. The van der Waals surface area contributed by atoms with Crippen molar-refractivity contribution in [2.24, 2.45) is 23.3 Å². The summed E-state index contributed by atoms with van der Waals surface area (Å²) in [5.74, 6) is -3.60. The van der Waals surface area contributed by atoms with Crippen LogP contribution in [-0.2, 0) is 16.0 Å². The number of primary amides is 1. The molecule has 0 aliphatic heterocycles. The lowest BCUT2D eigenvalue weighted by molar-refractivity contribution is -0.146. The Bertz CT molecular complexity index is 363. The number of imidazole rings is 1. The quantitative estimate of drug-likeness (QED) is 0.478. The van der Waals surface area contributed by atoms with Crippen LogP contribution in [0.4, 0.5) is 0 Å². The molecule has 0 saturated heterocycles. The van der Waals surface area contributed by atoms with Gasteiger partial charge in [0.15, 0.2) is 0 Å². The van der Waals surface area contributed by atoms with Crippen molar-refractivity contribution >= 4 is 11.9 Å². The minimum Gasteiger partial charge on any atom is -0.481 e. The van der Waals surface area contributed by atoms with Gasteiger partial charge in [-0.15, -0.1) is 0 Å². The van der Waals surface area contributed by atoms with Gasteiger partial charge in [-0.2, -0.15) is 0 Å². The Morgan fingerprint density at radius 1 is 1.50 bits per heavy atom. The second kappa shape index (κ2) is 5.26. The van der Waals surface area contributed by atoms with Crippen molar-refractivity contribution in [1.29, 1.82) is 0 Å². The maximum absolute atomic E-state index is 11.1. The van der Waals surface area contributed by atoms with E-state index in [2.05, 4.69) is 9.97 Å². The molecule has 0 aliphatic carbocycles. The van der Waals surface area contributed by atoms with E-state index in [0.29, 0.717) is 5.69 Å². The molecule has 7 nitrogen and oxygen atoms in total. The molecule has 1 amide bonds. The van der Waals surface area contributed by atoms with Crippen LogP contribution in [-0.4, -0.2) is 33.5 Å². The average molecular weight is 226 g/mol. The highest BCUT2D eigenvalue weighted by Crippen LogP contribution is 2.16. The smallest absolute Gasteiger partial charge is 0.307 e. The van der Waals surface area contributed by atoms with Crippen LogP contribution in [0.5, 0.6) is 0 Å². The molecule has 1 heterocycles. The summed E-state index contributed by atoms with van der Waals surface area (Å²) in [4.78, 5) is 28.6. The van der Waals surface area contributed by atoms with E-state index in [1.807, 2.05) is 0 Å². The number of aromatic nitrogens is 2. The number of nitrogens with two attached hydrogens (primary N) is 2. The molecule has 2 atom stereocenters. The number of hydrogen-bond donors (Lipinski definition) is 4. The fourth-order valence-electron chi connectivity index (χ4n) is 1.51. The Hall–Kier alpha value is -1.89. The Kier molecular flexibility index (Phi) is 4.01. The van der Waals surface area contributed by atoms with Gasteiger partial charge in [-0.25, -0.2) is 4.98 Å². The van der Waals surface area contributed by atoms with Crippen molar-refractivity contribution in [3.8, 4) is 0 Å². The van der Waals surface area contributed by atoms with Crippen molar-refractivity contribution in [3.05, 3.63) is 18.2 Å². The largest absolute Gasteiger partial charge is 0.481 e. The summed E-state index contributed by atoms with van der Waals surface area (Å²) >= 11 is 0. The minimum absolute atomic E-state index is 0.0829. The second-order valence-electron chi connectivity index (χ2n) is 3.47. The lowest BCUT2D eigenvalue weighted by Gasteiger charge is -2.18. The number of amides is 1. The van der Waals surface area contributed by atoms with Gasteiger partial charge in [-0.05, 0) is 0 Å². The number of H-pyrrole nitrogens is 1.